The predicted molar refractivity (Wildman–Crippen MR) is 114 cm³/mol. The van der Waals surface area contributed by atoms with E-state index in [1.54, 1.807) is 0 Å². The van der Waals surface area contributed by atoms with Crippen LogP contribution in [0.4, 0.5) is 4.79 Å². The highest BCUT2D eigenvalue weighted by Gasteiger charge is 2.34. The minimum Gasteiger partial charge on any atom is -0.494 e. The quantitative estimate of drug-likeness (QED) is 0.497. The van der Waals surface area contributed by atoms with Gasteiger partial charge in [-0.3, -0.25) is 9.80 Å². The molecule has 1 aromatic rings. The average Bonchev–Trinajstić information content (AvgIpc) is 2.75. The molecule has 1 aromatic carbocycles. The number of ether oxygens (including phenoxy) is 2. The van der Waals surface area contributed by atoms with Crippen LogP contribution < -0.4 is 15.4 Å². The molecule has 0 saturated carbocycles. The third kappa shape index (κ3) is 5.20. The molecule has 1 saturated heterocycles. The van der Waals surface area contributed by atoms with Gasteiger partial charge in [0.25, 0.3) is 0 Å². The standard InChI is InChI=1S/C22H30N4O4/c1-4-10-25-11-13-26(14-12-25)15-18-19(21(27)29-3)20(24-22(28)23-18)16-6-8-17(9-7-16)30-5-2/h4,6-9,20H,1,5,10-15H2,2-3H3,(H2,23,24,28)/t20-/m1/s1. The number of nitrogens with one attached hydrogen (secondary N) is 2. The first-order chi connectivity index (χ1) is 14.5. The summed E-state index contributed by atoms with van der Waals surface area (Å²) in [5.74, 6) is 0.282. The molecule has 2 heterocycles. The third-order valence-corrected chi connectivity index (χ3v) is 5.32. The van der Waals surface area contributed by atoms with Crippen LogP contribution in [0.25, 0.3) is 0 Å². The zero-order valence-corrected chi connectivity index (χ0v) is 17.6. The number of amides is 2. The summed E-state index contributed by atoms with van der Waals surface area (Å²) in [6.45, 7) is 11.2. The smallest absolute Gasteiger partial charge is 0.338 e. The number of piperazine rings is 1. The van der Waals surface area contributed by atoms with Crippen LogP contribution >= 0.6 is 0 Å². The first-order valence-corrected chi connectivity index (χ1v) is 10.2. The largest absolute Gasteiger partial charge is 0.494 e. The molecule has 1 atom stereocenters. The summed E-state index contributed by atoms with van der Waals surface area (Å²) in [5.41, 5.74) is 1.80. The van der Waals surface area contributed by atoms with E-state index in [0.717, 1.165) is 44.0 Å². The molecule has 30 heavy (non-hydrogen) atoms. The summed E-state index contributed by atoms with van der Waals surface area (Å²) in [5, 5.41) is 5.68. The highest BCUT2D eigenvalue weighted by atomic mass is 16.5. The maximum absolute atomic E-state index is 12.7. The number of esters is 1. The van der Waals surface area contributed by atoms with Gasteiger partial charge in [0.2, 0.25) is 0 Å². The summed E-state index contributed by atoms with van der Waals surface area (Å²) < 4.78 is 10.5. The predicted octanol–water partition coefficient (Wildman–Crippen LogP) is 1.67. The second-order valence-corrected chi connectivity index (χ2v) is 7.28. The van der Waals surface area contributed by atoms with Crippen LogP contribution in [0.3, 0.4) is 0 Å². The van der Waals surface area contributed by atoms with Gasteiger partial charge in [-0.1, -0.05) is 18.2 Å². The monoisotopic (exact) mass is 414 g/mol. The highest BCUT2D eigenvalue weighted by molar-refractivity contribution is 5.95. The van der Waals surface area contributed by atoms with Crippen molar-refractivity contribution in [3.05, 3.63) is 53.8 Å². The maximum atomic E-state index is 12.7. The van der Waals surface area contributed by atoms with E-state index in [9.17, 15) is 9.59 Å². The zero-order chi connectivity index (χ0) is 21.5. The topological polar surface area (TPSA) is 83.1 Å². The lowest BCUT2D eigenvalue weighted by Crippen LogP contribution is -2.51. The number of carbonyl (C=O) groups is 2. The highest BCUT2D eigenvalue weighted by Crippen LogP contribution is 2.29. The fraction of sp³-hybridized carbons (Fsp3) is 0.455. The molecule has 0 aromatic heterocycles. The summed E-state index contributed by atoms with van der Waals surface area (Å²) >= 11 is 0. The Hall–Kier alpha value is -2.84. The minimum absolute atomic E-state index is 0.332. The molecule has 2 N–H and O–H groups in total. The van der Waals surface area contributed by atoms with Crippen LogP contribution in [0.2, 0.25) is 0 Å². The van der Waals surface area contributed by atoms with Crippen molar-refractivity contribution in [2.24, 2.45) is 0 Å². The third-order valence-electron chi connectivity index (χ3n) is 5.32. The molecule has 2 amide bonds. The first-order valence-electron chi connectivity index (χ1n) is 10.2. The van der Waals surface area contributed by atoms with Crippen molar-refractivity contribution in [1.82, 2.24) is 20.4 Å². The maximum Gasteiger partial charge on any atom is 0.338 e. The van der Waals surface area contributed by atoms with Crippen molar-refractivity contribution in [3.63, 3.8) is 0 Å². The number of benzene rings is 1. The van der Waals surface area contributed by atoms with Crippen LogP contribution in [0.15, 0.2) is 48.2 Å². The fourth-order valence-corrected chi connectivity index (χ4v) is 3.80. The van der Waals surface area contributed by atoms with Crippen molar-refractivity contribution in [1.29, 1.82) is 0 Å². The van der Waals surface area contributed by atoms with E-state index in [1.165, 1.54) is 7.11 Å². The SMILES string of the molecule is C=CCN1CCN(CC2=C(C(=O)OC)[C@@H](c3ccc(OCC)cc3)NC(=O)N2)CC1. The molecule has 2 aliphatic heterocycles. The molecule has 0 spiro atoms. The van der Waals surface area contributed by atoms with Crippen LogP contribution in [-0.2, 0) is 9.53 Å². The molecule has 0 bridgehead atoms. The van der Waals surface area contributed by atoms with Crippen molar-refractivity contribution in [3.8, 4) is 5.75 Å². The zero-order valence-electron chi connectivity index (χ0n) is 17.6. The lowest BCUT2D eigenvalue weighted by Gasteiger charge is -2.36. The minimum atomic E-state index is -0.584. The van der Waals surface area contributed by atoms with Gasteiger partial charge in [-0.15, -0.1) is 6.58 Å². The Kier molecular flexibility index (Phi) is 7.48. The van der Waals surface area contributed by atoms with Crippen LogP contribution in [-0.4, -0.2) is 74.8 Å². The molecule has 8 heteroatoms. The van der Waals surface area contributed by atoms with Gasteiger partial charge in [0.05, 0.1) is 25.3 Å². The van der Waals surface area contributed by atoms with E-state index < -0.39 is 12.0 Å². The molecular formula is C22H30N4O4. The average molecular weight is 415 g/mol. The number of hydrogen-bond donors (Lipinski definition) is 2. The Bertz CT molecular complexity index is 798. The van der Waals surface area contributed by atoms with Crippen molar-refractivity contribution in [2.75, 3.05) is 53.0 Å². The van der Waals surface area contributed by atoms with Gasteiger partial charge in [0.15, 0.2) is 0 Å². The van der Waals surface area contributed by atoms with E-state index >= 15 is 0 Å². The van der Waals surface area contributed by atoms with E-state index in [-0.39, 0.29) is 6.03 Å². The van der Waals surface area contributed by atoms with Crippen molar-refractivity contribution >= 4 is 12.0 Å². The van der Waals surface area contributed by atoms with Gasteiger partial charge < -0.3 is 20.1 Å². The van der Waals surface area contributed by atoms with Crippen LogP contribution in [0, 0.1) is 0 Å². The van der Waals surface area contributed by atoms with Gasteiger partial charge in [-0.05, 0) is 24.6 Å². The Morgan fingerprint density at radius 3 is 2.47 bits per heavy atom. The molecule has 0 unspecified atom stereocenters. The number of nitrogens with zero attached hydrogens (tertiary/aromatic N) is 2. The van der Waals surface area contributed by atoms with E-state index in [4.69, 9.17) is 9.47 Å². The van der Waals surface area contributed by atoms with Gasteiger partial charge in [0, 0.05) is 45.0 Å². The number of rotatable bonds is 8. The lowest BCUT2D eigenvalue weighted by atomic mass is 9.95. The Morgan fingerprint density at radius 2 is 1.87 bits per heavy atom. The molecule has 3 rings (SSSR count). The summed E-state index contributed by atoms with van der Waals surface area (Å²) in [6.07, 6.45) is 1.90. The molecule has 0 radical (unpaired) electrons. The molecule has 162 valence electrons. The molecular weight excluding hydrogens is 384 g/mol. The first kappa shape index (κ1) is 21.9. The molecule has 1 fully saturated rings. The second-order valence-electron chi connectivity index (χ2n) is 7.28. The molecule has 8 nitrogen and oxygen atoms in total. The Balaban J connectivity index is 1.84. The van der Waals surface area contributed by atoms with Crippen molar-refractivity contribution < 1.29 is 19.1 Å². The van der Waals surface area contributed by atoms with Gasteiger partial charge in [-0.25, -0.2) is 9.59 Å². The Labute approximate surface area is 177 Å². The molecule has 2 aliphatic rings. The Morgan fingerprint density at radius 1 is 1.20 bits per heavy atom. The van der Waals surface area contributed by atoms with Gasteiger partial charge in [-0.2, -0.15) is 0 Å². The van der Waals surface area contributed by atoms with Crippen LogP contribution in [0.5, 0.6) is 5.75 Å². The van der Waals surface area contributed by atoms with E-state index in [1.807, 2.05) is 37.3 Å². The van der Waals surface area contributed by atoms with Gasteiger partial charge >= 0.3 is 12.0 Å². The van der Waals surface area contributed by atoms with Gasteiger partial charge in [0.1, 0.15) is 5.75 Å². The summed E-state index contributed by atoms with van der Waals surface area (Å²) in [6, 6.07) is 6.47. The van der Waals surface area contributed by atoms with E-state index in [0.29, 0.717) is 24.4 Å². The van der Waals surface area contributed by atoms with Crippen molar-refractivity contribution in [2.45, 2.75) is 13.0 Å². The van der Waals surface area contributed by atoms with Crippen LogP contribution in [0.1, 0.15) is 18.5 Å². The number of carbonyl (C=O) groups excluding carboxylic acids is 2. The number of methoxy groups -OCH3 is 1. The summed E-state index contributed by atoms with van der Waals surface area (Å²) in [7, 11) is 1.35. The molecule has 0 aliphatic carbocycles. The van der Waals surface area contributed by atoms with E-state index in [2.05, 4.69) is 27.0 Å². The number of hydrogen-bond acceptors (Lipinski definition) is 6. The second kappa shape index (κ2) is 10.3. The fourth-order valence-electron chi connectivity index (χ4n) is 3.80. The number of urea groups is 1. The normalized spacial score (nSPS) is 20.3. The lowest BCUT2D eigenvalue weighted by molar-refractivity contribution is -0.136. The summed E-state index contributed by atoms with van der Waals surface area (Å²) in [4.78, 5) is 29.6.